The van der Waals surface area contributed by atoms with Gasteiger partial charge in [0.2, 0.25) is 23.8 Å². The minimum absolute atomic E-state index is 0.202. The van der Waals surface area contributed by atoms with E-state index in [2.05, 4.69) is 0 Å². The summed E-state index contributed by atoms with van der Waals surface area (Å²) in [6, 6.07) is 5.06. The molecule has 28 nitrogen and oxygen atoms in total. The normalized spacial score (nSPS) is 43.4. The summed E-state index contributed by atoms with van der Waals surface area (Å²) in [5.41, 5.74) is -1.87. The average molecular weight is 1050 g/mol. The lowest BCUT2D eigenvalue weighted by atomic mass is 9.96. The van der Waals surface area contributed by atoms with Crippen molar-refractivity contribution in [3.05, 3.63) is 40.6 Å². The summed E-state index contributed by atoms with van der Waals surface area (Å²) in [5, 5.41) is 171. The van der Waals surface area contributed by atoms with E-state index >= 15 is 0 Å². The minimum Gasteiger partial charge on any atom is -0.507 e. The molecule has 0 radical (unpaired) electrons. The zero-order valence-electron chi connectivity index (χ0n) is 39.1. The molecule has 0 saturated carbocycles. The molecule has 28 heteroatoms. The van der Waals surface area contributed by atoms with Crippen LogP contribution in [0.2, 0.25) is 0 Å². The van der Waals surface area contributed by atoms with Crippen LogP contribution >= 0.6 is 0 Å². The van der Waals surface area contributed by atoms with Crippen LogP contribution in [0.1, 0.15) is 27.7 Å². The van der Waals surface area contributed by atoms with Crippen LogP contribution in [0.15, 0.2) is 39.5 Å². The van der Waals surface area contributed by atoms with E-state index < -0.39 is 205 Å². The van der Waals surface area contributed by atoms with Crippen LogP contribution in [0, 0.1) is 0 Å². The number of aromatic hydroxyl groups is 3. The fourth-order valence-electron chi connectivity index (χ4n) is 8.98. The van der Waals surface area contributed by atoms with E-state index in [1.54, 1.807) is 0 Å². The van der Waals surface area contributed by atoms with Crippen LogP contribution < -0.4 is 14.9 Å². The van der Waals surface area contributed by atoms with Crippen molar-refractivity contribution in [3.63, 3.8) is 0 Å². The molecular weight excluding hydrogens is 988 g/mol. The van der Waals surface area contributed by atoms with Crippen molar-refractivity contribution in [2.24, 2.45) is 0 Å². The monoisotopic (exact) mass is 1050 g/mol. The molecule has 3 aromatic rings. The predicted molar refractivity (Wildman–Crippen MR) is 234 cm³/mol. The number of hydrogen-bond donors (Lipinski definition) is 16. The van der Waals surface area contributed by atoms with E-state index in [9.17, 15) is 86.5 Å². The Hall–Kier alpha value is -4.19. The van der Waals surface area contributed by atoms with Crippen LogP contribution in [0.4, 0.5) is 0 Å². The highest BCUT2D eigenvalue weighted by molar-refractivity contribution is 5.88. The lowest BCUT2D eigenvalue weighted by Gasteiger charge is -2.48. The Labute approximate surface area is 412 Å². The Morgan fingerprint density at radius 1 is 0.466 bits per heavy atom. The molecule has 0 spiro atoms. The van der Waals surface area contributed by atoms with Crippen LogP contribution in [-0.2, 0) is 37.9 Å². The van der Waals surface area contributed by atoms with E-state index in [0.717, 1.165) is 30.3 Å². The van der Waals surface area contributed by atoms with Gasteiger partial charge in [0.1, 0.15) is 114 Å². The fraction of sp³-hybridized carbons (Fsp3) is 0.667. The maximum atomic E-state index is 14.8. The van der Waals surface area contributed by atoms with Gasteiger partial charge in [0.15, 0.2) is 42.2 Å². The van der Waals surface area contributed by atoms with E-state index in [4.69, 9.17) is 51.8 Å². The summed E-state index contributed by atoms with van der Waals surface area (Å²) < 4.78 is 63.8. The highest BCUT2D eigenvalue weighted by atomic mass is 16.8. The molecule has 5 aliphatic heterocycles. The van der Waals surface area contributed by atoms with Crippen molar-refractivity contribution >= 4 is 11.0 Å². The third-order valence-electron chi connectivity index (χ3n) is 13.5. The minimum atomic E-state index is -2.20. The van der Waals surface area contributed by atoms with Gasteiger partial charge in [-0.05, 0) is 45.9 Å². The third-order valence-corrected chi connectivity index (χ3v) is 13.5. The van der Waals surface area contributed by atoms with Gasteiger partial charge in [-0.1, -0.05) is 0 Å². The van der Waals surface area contributed by atoms with Crippen LogP contribution in [0.5, 0.6) is 28.7 Å². The van der Waals surface area contributed by atoms with Gasteiger partial charge in [0.05, 0.1) is 31.0 Å². The Balaban J connectivity index is 1.17. The SMILES string of the molecule is C[C@@H]1O[C@@H](OC[C@H]2O[C@@H](Oc3c(-c4ccc(O)c(O)c4)oc4cc(O[C@@H]5O[C@@H](C)[C@H](O)[C@@H](O)[C@H]5O)cc(O)c4c3=O)[C@H](O[C@@H]3O[C@@H](C)[C@H](O)[C@@H](O[C@@H]4O[C@@H](C)[C@H](O)[C@@H](O)[C@H]4O)[C@H]3O)[C@@H](O)[C@@H]2O)[C@H](O)[C@H](O)[C@H]1O. The standard InChI is InChI=1S/C45H60O28/c1-11-23(49)29(55)33(59)41(64-11)63-10-21-27(53)32(58)40(73-44-36(62)38(26(52)14(4)67-44)71-43-35(61)31(57)25(51)13(3)66-43)45(70-21)72-39-28(54)22-19(48)8-16(68-42-34(60)30(56)24(50)12(2)65-42)9-20(22)69-37(39)15-5-6-17(46)18(47)7-15/h5-9,11-14,21,23-27,29-36,38,40-53,55-62H,10H2,1-4H3/t11-,12-,13-,14-,21+,23-,24-,25-,26-,27+,29+,30+,31+,32-,33+,34+,35+,36+,38+,40+,41+,42-,43-,44-,45-/m0/s1. The first kappa shape index (κ1) is 55.1. The molecule has 6 heterocycles. The molecular formula is C45H60O28. The Bertz CT molecular complexity index is 2440. The van der Waals surface area contributed by atoms with E-state index in [1.807, 2.05) is 0 Å². The van der Waals surface area contributed by atoms with Gasteiger partial charge in [0, 0.05) is 17.7 Å². The summed E-state index contributed by atoms with van der Waals surface area (Å²) in [5.74, 6) is -3.99. The molecule has 0 unspecified atom stereocenters. The molecule has 0 aliphatic carbocycles. The van der Waals surface area contributed by atoms with Crippen LogP contribution in [0.3, 0.4) is 0 Å². The molecule has 5 fully saturated rings. The summed E-state index contributed by atoms with van der Waals surface area (Å²) in [7, 11) is 0. The molecule has 25 atom stereocenters. The fourth-order valence-corrected chi connectivity index (χ4v) is 8.98. The first-order chi connectivity index (χ1) is 34.4. The molecule has 5 aliphatic rings. The number of aliphatic hydroxyl groups is 13. The molecule has 5 saturated heterocycles. The first-order valence-corrected chi connectivity index (χ1v) is 23.1. The lowest BCUT2D eigenvalue weighted by molar-refractivity contribution is -0.378. The zero-order chi connectivity index (χ0) is 53.2. The molecule has 1 aromatic heterocycles. The van der Waals surface area contributed by atoms with Gasteiger partial charge < -0.3 is 133 Å². The number of ether oxygens (including phenoxy) is 10. The number of benzene rings is 2. The van der Waals surface area contributed by atoms with Gasteiger partial charge in [0.25, 0.3) is 0 Å². The van der Waals surface area contributed by atoms with Crippen LogP contribution in [0.25, 0.3) is 22.3 Å². The molecule has 408 valence electrons. The highest BCUT2D eigenvalue weighted by Gasteiger charge is 2.54. The Kier molecular flexibility index (Phi) is 16.4. The van der Waals surface area contributed by atoms with Crippen molar-refractivity contribution < 1.29 is 133 Å². The van der Waals surface area contributed by atoms with Crippen molar-refractivity contribution in [1.82, 2.24) is 0 Å². The zero-order valence-corrected chi connectivity index (χ0v) is 39.1. The van der Waals surface area contributed by atoms with E-state index in [-0.39, 0.29) is 11.3 Å². The molecule has 0 amide bonds. The second-order valence-corrected chi connectivity index (χ2v) is 18.6. The molecule has 0 bridgehead atoms. The first-order valence-electron chi connectivity index (χ1n) is 23.1. The summed E-state index contributed by atoms with van der Waals surface area (Å²) in [4.78, 5) is 14.8. The van der Waals surface area contributed by atoms with Gasteiger partial charge >= 0.3 is 0 Å². The van der Waals surface area contributed by atoms with Gasteiger partial charge in [-0.25, -0.2) is 0 Å². The number of rotatable bonds is 12. The van der Waals surface area contributed by atoms with E-state index in [0.29, 0.717) is 0 Å². The quantitative estimate of drug-likeness (QED) is 0.0753. The molecule has 8 rings (SSSR count). The number of hydrogen-bond acceptors (Lipinski definition) is 28. The van der Waals surface area contributed by atoms with Crippen molar-refractivity contribution in [2.75, 3.05) is 6.61 Å². The predicted octanol–water partition coefficient (Wildman–Crippen LogP) is -5.48. The lowest BCUT2D eigenvalue weighted by Crippen LogP contribution is -2.66. The largest absolute Gasteiger partial charge is 0.507 e. The van der Waals surface area contributed by atoms with Crippen LogP contribution in [-0.4, -0.2) is 242 Å². The molecule has 2 aromatic carbocycles. The van der Waals surface area contributed by atoms with Crippen molar-refractivity contribution in [1.29, 1.82) is 0 Å². The Morgan fingerprint density at radius 2 is 0.986 bits per heavy atom. The second-order valence-electron chi connectivity index (χ2n) is 18.6. The van der Waals surface area contributed by atoms with E-state index in [1.165, 1.54) is 27.7 Å². The Morgan fingerprint density at radius 3 is 1.59 bits per heavy atom. The third kappa shape index (κ3) is 10.7. The number of phenolic OH excluding ortho intramolecular Hbond substituents is 3. The smallest absolute Gasteiger partial charge is 0.239 e. The number of aliphatic hydroxyl groups excluding tert-OH is 13. The number of phenols is 3. The maximum Gasteiger partial charge on any atom is 0.239 e. The molecule has 16 N–H and O–H groups in total. The number of fused-ring (bicyclic) bond motifs is 1. The summed E-state index contributed by atoms with van der Waals surface area (Å²) in [6.07, 6.45) is -42.8. The maximum absolute atomic E-state index is 14.8. The molecule has 73 heavy (non-hydrogen) atoms. The topological polar surface area (TPSA) is 446 Å². The van der Waals surface area contributed by atoms with Gasteiger partial charge in [-0.15, -0.1) is 0 Å². The summed E-state index contributed by atoms with van der Waals surface area (Å²) >= 11 is 0. The summed E-state index contributed by atoms with van der Waals surface area (Å²) in [6.45, 7) is 4.63. The van der Waals surface area contributed by atoms with Gasteiger partial charge in [-0.3, -0.25) is 4.79 Å². The average Bonchev–Trinajstić information content (AvgIpc) is 3.35. The van der Waals surface area contributed by atoms with Crippen molar-refractivity contribution in [2.45, 2.75) is 181 Å². The van der Waals surface area contributed by atoms with Crippen molar-refractivity contribution in [3.8, 4) is 40.1 Å². The van der Waals surface area contributed by atoms with Gasteiger partial charge in [-0.2, -0.15) is 0 Å². The second kappa shape index (κ2) is 21.8. The highest BCUT2D eigenvalue weighted by Crippen LogP contribution is 2.41.